The molecule has 1 unspecified atom stereocenters. The van der Waals surface area contributed by atoms with Gasteiger partial charge in [0.05, 0.1) is 13.2 Å². The molecule has 0 radical (unpaired) electrons. The third-order valence-corrected chi connectivity index (χ3v) is 2.01. The Labute approximate surface area is 108 Å². The molecule has 0 heterocycles. The van der Waals surface area contributed by atoms with Gasteiger partial charge in [-0.05, 0) is 20.3 Å². The molecule has 108 valence electrons. The Morgan fingerprint density at radius 2 is 1.56 bits per heavy atom. The minimum Gasteiger partial charge on any atom is -0.461 e. The number of rotatable bonds is 12. The second kappa shape index (κ2) is 12.8. The van der Waals surface area contributed by atoms with Crippen LogP contribution in [0.1, 0.15) is 27.2 Å². The zero-order valence-corrected chi connectivity index (χ0v) is 11.5. The lowest BCUT2D eigenvalue weighted by Crippen LogP contribution is -2.27. The molecule has 18 heavy (non-hydrogen) atoms. The molecular formula is C12H24O6. The molecule has 1 atom stereocenters. The van der Waals surface area contributed by atoms with Crippen molar-refractivity contribution in [3.8, 4) is 0 Å². The fourth-order valence-electron chi connectivity index (χ4n) is 1.08. The van der Waals surface area contributed by atoms with Gasteiger partial charge in [0.15, 0.2) is 6.10 Å². The number of hydrogen-bond acceptors (Lipinski definition) is 6. The van der Waals surface area contributed by atoms with E-state index in [1.54, 1.807) is 0 Å². The Bertz CT molecular complexity index is 197. The van der Waals surface area contributed by atoms with Crippen molar-refractivity contribution in [2.24, 2.45) is 0 Å². The summed E-state index contributed by atoms with van der Waals surface area (Å²) in [5, 5.41) is 0. The maximum absolute atomic E-state index is 11.5. The SMILES string of the molecule is CCOCCOOC(CC)C(=O)OCCOCC. The van der Waals surface area contributed by atoms with Gasteiger partial charge in [0.1, 0.15) is 13.2 Å². The molecule has 6 nitrogen and oxygen atoms in total. The van der Waals surface area contributed by atoms with Gasteiger partial charge in [-0.25, -0.2) is 14.6 Å². The van der Waals surface area contributed by atoms with Crippen molar-refractivity contribution < 1.29 is 28.8 Å². The van der Waals surface area contributed by atoms with Crippen LogP contribution in [0.4, 0.5) is 0 Å². The molecule has 0 aromatic carbocycles. The normalized spacial score (nSPS) is 12.4. The van der Waals surface area contributed by atoms with Gasteiger partial charge in [-0.2, -0.15) is 0 Å². The third kappa shape index (κ3) is 9.35. The van der Waals surface area contributed by atoms with Crippen LogP contribution in [0.2, 0.25) is 0 Å². The second-order valence-electron chi connectivity index (χ2n) is 3.38. The van der Waals surface area contributed by atoms with Crippen molar-refractivity contribution in [2.75, 3.05) is 39.6 Å². The number of carbonyl (C=O) groups is 1. The molecule has 6 heteroatoms. The van der Waals surface area contributed by atoms with Gasteiger partial charge >= 0.3 is 5.97 Å². The van der Waals surface area contributed by atoms with Gasteiger partial charge in [-0.15, -0.1) is 0 Å². The first-order chi connectivity index (χ1) is 8.76. The smallest absolute Gasteiger partial charge is 0.338 e. The quantitative estimate of drug-likeness (QED) is 0.229. The number of ether oxygens (including phenoxy) is 3. The largest absolute Gasteiger partial charge is 0.461 e. The van der Waals surface area contributed by atoms with E-state index in [4.69, 9.17) is 24.0 Å². The molecule has 0 N–H and O–H groups in total. The molecule has 0 aliphatic carbocycles. The fourth-order valence-corrected chi connectivity index (χ4v) is 1.08. The maximum atomic E-state index is 11.5. The van der Waals surface area contributed by atoms with E-state index >= 15 is 0 Å². The van der Waals surface area contributed by atoms with Crippen LogP contribution in [0.25, 0.3) is 0 Å². The van der Waals surface area contributed by atoms with Gasteiger partial charge in [0.2, 0.25) is 0 Å². The average Bonchev–Trinajstić information content (AvgIpc) is 2.39. The number of carbonyl (C=O) groups excluding carboxylic acids is 1. The lowest BCUT2D eigenvalue weighted by atomic mass is 10.3. The van der Waals surface area contributed by atoms with Crippen molar-refractivity contribution in [1.29, 1.82) is 0 Å². The predicted octanol–water partition coefficient (Wildman–Crippen LogP) is 1.33. The summed E-state index contributed by atoms with van der Waals surface area (Å²) in [7, 11) is 0. The van der Waals surface area contributed by atoms with Crippen LogP contribution in [0.5, 0.6) is 0 Å². The Balaban J connectivity index is 3.62. The second-order valence-corrected chi connectivity index (χ2v) is 3.38. The molecule has 0 saturated carbocycles. The van der Waals surface area contributed by atoms with Gasteiger partial charge < -0.3 is 14.2 Å². The van der Waals surface area contributed by atoms with Crippen molar-refractivity contribution in [1.82, 2.24) is 0 Å². The minimum atomic E-state index is -0.701. The summed E-state index contributed by atoms with van der Waals surface area (Å²) in [6.07, 6.45) is -0.212. The fraction of sp³-hybridized carbons (Fsp3) is 0.917. The zero-order chi connectivity index (χ0) is 13.6. The van der Waals surface area contributed by atoms with Gasteiger partial charge in [0, 0.05) is 13.2 Å². The summed E-state index contributed by atoms with van der Waals surface area (Å²) in [5.41, 5.74) is 0. The van der Waals surface area contributed by atoms with E-state index in [9.17, 15) is 4.79 Å². The molecule has 0 spiro atoms. The lowest BCUT2D eigenvalue weighted by molar-refractivity contribution is -0.324. The van der Waals surface area contributed by atoms with E-state index in [1.807, 2.05) is 20.8 Å². The average molecular weight is 264 g/mol. The molecule has 0 aliphatic rings. The topological polar surface area (TPSA) is 63.2 Å². The van der Waals surface area contributed by atoms with E-state index in [0.29, 0.717) is 32.8 Å². The van der Waals surface area contributed by atoms with E-state index in [2.05, 4.69) is 0 Å². The van der Waals surface area contributed by atoms with Crippen molar-refractivity contribution in [3.05, 3.63) is 0 Å². The summed E-state index contributed by atoms with van der Waals surface area (Å²) in [6.45, 7) is 8.17. The predicted molar refractivity (Wildman–Crippen MR) is 65.1 cm³/mol. The summed E-state index contributed by atoms with van der Waals surface area (Å²) < 4.78 is 15.1. The molecule has 0 aromatic heterocycles. The lowest BCUT2D eigenvalue weighted by Gasteiger charge is -2.14. The molecule has 0 saturated heterocycles. The van der Waals surface area contributed by atoms with E-state index in [-0.39, 0.29) is 13.2 Å². The third-order valence-electron chi connectivity index (χ3n) is 2.01. The first-order valence-corrected chi connectivity index (χ1v) is 6.36. The van der Waals surface area contributed by atoms with Gasteiger partial charge in [0.25, 0.3) is 0 Å². The standard InChI is InChI=1S/C12H24O6/c1-4-11(18-17-10-8-15-6-3)12(13)16-9-7-14-5-2/h11H,4-10H2,1-3H3. The van der Waals surface area contributed by atoms with Gasteiger partial charge in [-0.1, -0.05) is 6.92 Å². The molecular weight excluding hydrogens is 240 g/mol. The summed E-state index contributed by atoms with van der Waals surface area (Å²) in [5.74, 6) is -0.436. The van der Waals surface area contributed by atoms with Crippen LogP contribution in [0.3, 0.4) is 0 Å². The Morgan fingerprint density at radius 1 is 0.944 bits per heavy atom. The molecule has 0 bridgehead atoms. The number of hydrogen-bond donors (Lipinski definition) is 0. The van der Waals surface area contributed by atoms with Crippen LogP contribution in [-0.4, -0.2) is 51.7 Å². The monoisotopic (exact) mass is 264 g/mol. The molecule has 0 rings (SSSR count). The highest BCUT2D eigenvalue weighted by atomic mass is 17.2. The summed E-state index contributed by atoms with van der Waals surface area (Å²) in [6, 6.07) is 0. The van der Waals surface area contributed by atoms with E-state index in [0.717, 1.165) is 0 Å². The minimum absolute atomic E-state index is 0.228. The Kier molecular flexibility index (Phi) is 12.3. The molecule has 0 fully saturated rings. The Morgan fingerprint density at radius 3 is 2.11 bits per heavy atom. The molecule has 0 amide bonds. The first kappa shape index (κ1) is 17.3. The van der Waals surface area contributed by atoms with Crippen LogP contribution in [-0.2, 0) is 28.8 Å². The van der Waals surface area contributed by atoms with Crippen LogP contribution in [0, 0.1) is 0 Å². The molecule has 0 aromatic rings. The van der Waals surface area contributed by atoms with E-state index < -0.39 is 12.1 Å². The van der Waals surface area contributed by atoms with E-state index in [1.165, 1.54) is 0 Å². The van der Waals surface area contributed by atoms with Crippen molar-refractivity contribution in [2.45, 2.75) is 33.3 Å². The Hall–Kier alpha value is -0.690. The first-order valence-electron chi connectivity index (χ1n) is 6.36. The van der Waals surface area contributed by atoms with Crippen LogP contribution >= 0.6 is 0 Å². The van der Waals surface area contributed by atoms with Gasteiger partial charge in [-0.3, -0.25) is 0 Å². The van der Waals surface area contributed by atoms with Crippen molar-refractivity contribution >= 4 is 5.97 Å². The number of esters is 1. The molecule has 0 aliphatic heterocycles. The summed E-state index contributed by atoms with van der Waals surface area (Å²) >= 11 is 0. The van der Waals surface area contributed by atoms with Crippen LogP contribution in [0.15, 0.2) is 0 Å². The highest BCUT2D eigenvalue weighted by Gasteiger charge is 2.19. The van der Waals surface area contributed by atoms with Crippen molar-refractivity contribution in [3.63, 3.8) is 0 Å². The highest BCUT2D eigenvalue weighted by Crippen LogP contribution is 2.02. The maximum Gasteiger partial charge on any atom is 0.338 e. The van der Waals surface area contributed by atoms with Crippen LogP contribution < -0.4 is 0 Å². The highest BCUT2D eigenvalue weighted by molar-refractivity contribution is 5.74. The zero-order valence-electron chi connectivity index (χ0n) is 11.5. The summed E-state index contributed by atoms with van der Waals surface area (Å²) in [4.78, 5) is 21.4.